The molecule has 0 aliphatic heterocycles. The van der Waals surface area contributed by atoms with Crippen molar-refractivity contribution in [3.05, 3.63) is 46.7 Å². The Morgan fingerprint density at radius 3 is 2.80 bits per heavy atom. The number of nitrogens with zero attached hydrogens (tertiary/aromatic N) is 2. The van der Waals surface area contributed by atoms with Crippen molar-refractivity contribution in [3.8, 4) is 11.4 Å². The molecule has 0 bridgehead atoms. The van der Waals surface area contributed by atoms with E-state index >= 15 is 0 Å². The molecule has 0 atom stereocenters. The van der Waals surface area contributed by atoms with Crippen molar-refractivity contribution < 1.29 is 9.13 Å². The summed E-state index contributed by atoms with van der Waals surface area (Å²) in [7, 11) is 1.60. The van der Waals surface area contributed by atoms with E-state index in [2.05, 4.69) is 20.9 Å². The van der Waals surface area contributed by atoms with E-state index in [1.165, 1.54) is 12.1 Å². The second-order valence-electron chi connectivity index (χ2n) is 4.26. The Labute approximate surface area is 123 Å². The Balaban J connectivity index is 2.31. The van der Waals surface area contributed by atoms with Crippen LogP contribution < -0.4 is 10.5 Å². The Bertz CT molecular complexity index is 800. The minimum Gasteiger partial charge on any atom is -0.497 e. The van der Waals surface area contributed by atoms with Gasteiger partial charge in [0.2, 0.25) is 5.95 Å². The van der Waals surface area contributed by atoms with E-state index in [0.717, 1.165) is 15.7 Å². The highest BCUT2D eigenvalue weighted by atomic mass is 79.9. The van der Waals surface area contributed by atoms with Gasteiger partial charge < -0.3 is 10.5 Å². The van der Waals surface area contributed by atoms with Crippen LogP contribution in [0.5, 0.6) is 5.75 Å². The first-order chi connectivity index (χ1) is 9.60. The van der Waals surface area contributed by atoms with E-state index in [1.807, 2.05) is 18.2 Å². The number of ether oxygens (including phenoxy) is 1. The molecule has 0 saturated carbocycles. The number of rotatable bonds is 2. The molecule has 3 aromatic rings. The molecule has 6 heteroatoms. The van der Waals surface area contributed by atoms with Crippen molar-refractivity contribution in [2.75, 3.05) is 12.8 Å². The Hall–Kier alpha value is -2.08. The summed E-state index contributed by atoms with van der Waals surface area (Å²) >= 11 is 3.48. The van der Waals surface area contributed by atoms with Crippen LogP contribution in [0.15, 0.2) is 40.9 Å². The van der Waals surface area contributed by atoms with Gasteiger partial charge in [-0.1, -0.05) is 0 Å². The molecule has 102 valence electrons. The van der Waals surface area contributed by atoms with Gasteiger partial charge in [-0.2, -0.15) is 0 Å². The zero-order valence-corrected chi connectivity index (χ0v) is 12.2. The van der Waals surface area contributed by atoms with E-state index in [-0.39, 0.29) is 5.82 Å². The lowest BCUT2D eigenvalue weighted by atomic mass is 10.2. The monoisotopic (exact) mass is 335 g/mol. The number of benzene rings is 2. The number of imidazole rings is 1. The van der Waals surface area contributed by atoms with Crippen molar-refractivity contribution in [3.63, 3.8) is 0 Å². The summed E-state index contributed by atoms with van der Waals surface area (Å²) in [6, 6.07) is 9.93. The minimum absolute atomic E-state index is 0.291. The Morgan fingerprint density at radius 2 is 2.05 bits per heavy atom. The average molecular weight is 336 g/mol. The van der Waals surface area contributed by atoms with Crippen LogP contribution in [-0.4, -0.2) is 16.7 Å². The normalized spacial score (nSPS) is 10.9. The highest BCUT2D eigenvalue weighted by Crippen LogP contribution is 2.31. The largest absolute Gasteiger partial charge is 0.497 e. The Morgan fingerprint density at radius 1 is 1.25 bits per heavy atom. The van der Waals surface area contributed by atoms with Crippen molar-refractivity contribution in [1.82, 2.24) is 9.55 Å². The molecule has 0 amide bonds. The van der Waals surface area contributed by atoms with Crippen LogP contribution in [0.2, 0.25) is 0 Å². The molecule has 1 aromatic heterocycles. The zero-order valence-electron chi connectivity index (χ0n) is 10.6. The summed E-state index contributed by atoms with van der Waals surface area (Å²) in [6.07, 6.45) is 0. The highest BCUT2D eigenvalue weighted by Gasteiger charge is 2.13. The maximum atomic E-state index is 13.3. The number of nitrogens with two attached hydrogens (primary N) is 1. The molecule has 0 saturated heterocycles. The molecular weight excluding hydrogens is 325 g/mol. The molecule has 20 heavy (non-hydrogen) atoms. The van der Waals surface area contributed by atoms with Crippen molar-refractivity contribution in [1.29, 1.82) is 0 Å². The van der Waals surface area contributed by atoms with Gasteiger partial charge >= 0.3 is 0 Å². The summed E-state index contributed by atoms with van der Waals surface area (Å²) in [5.74, 6) is 0.651. The van der Waals surface area contributed by atoms with Crippen molar-refractivity contribution in [2.45, 2.75) is 0 Å². The van der Waals surface area contributed by atoms with E-state index in [4.69, 9.17) is 10.5 Å². The molecule has 2 aromatic carbocycles. The summed E-state index contributed by atoms with van der Waals surface area (Å²) in [5, 5.41) is 0. The third-order valence-corrected chi connectivity index (χ3v) is 3.71. The van der Waals surface area contributed by atoms with Crippen LogP contribution in [-0.2, 0) is 0 Å². The van der Waals surface area contributed by atoms with Gasteiger partial charge in [0.1, 0.15) is 11.6 Å². The lowest BCUT2D eigenvalue weighted by Crippen LogP contribution is -2.01. The number of hydrogen-bond acceptors (Lipinski definition) is 3. The molecular formula is C14H11BrFN3O. The minimum atomic E-state index is -0.341. The third kappa shape index (κ3) is 2.02. The first kappa shape index (κ1) is 12.9. The molecule has 0 aliphatic carbocycles. The number of anilines is 1. The zero-order chi connectivity index (χ0) is 14.3. The average Bonchev–Trinajstić information content (AvgIpc) is 2.74. The van der Waals surface area contributed by atoms with Crippen molar-refractivity contribution in [2.24, 2.45) is 0 Å². The quantitative estimate of drug-likeness (QED) is 0.779. The Kier molecular flexibility index (Phi) is 3.10. The molecule has 2 N–H and O–H groups in total. The third-order valence-electron chi connectivity index (χ3n) is 3.04. The molecule has 0 unspecified atom stereocenters. The molecule has 0 spiro atoms. The number of methoxy groups -OCH3 is 1. The number of aromatic nitrogens is 2. The van der Waals surface area contributed by atoms with Gasteiger partial charge in [0.15, 0.2) is 0 Å². The number of fused-ring (bicyclic) bond motifs is 1. The van der Waals surface area contributed by atoms with Gasteiger partial charge in [-0.3, -0.25) is 4.57 Å². The van der Waals surface area contributed by atoms with E-state index < -0.39 is 0 Å². The maximum Gasteiger partial charge on any atom is 0.205 e. The summed E-state index contributed by atoms with van der Waals surface area (Å²) in [5.41, 5.74) is 8.00. The summed E-state index contributed by atoms with van der Waals surface area (Å²) in [6.45, 7) is 0. The van der Waals surface area contributed by atoms with Gasteiger partial charge in [0, 0.05) is 16.6 Å². The lowest BCUT2D eigenvalue weighted by Gasteiger charge is -2.10. The van der Waals surface area contributed by atoms with Gasteiger partial charge in [-0.05, 0) is 40.2 Å². The first-order valence-electron chi connectivity index (χ1n) is 5.87. The first-order valence-corrected chi connectivity index (χ1v) is 6.67. The maximum absolute atomic E-state index is 13.3. The summed E-state index contributed by atoms with van der Waals surface area (Å²) < 4.78 is 21.1. The van der Waals surface area contributed by atoms with Crippen molar-refractivity contribution >= 4 is 32.9 Å². The smallest absolute Gasteiger partial charge is 0.205 e. The molecule has 4 nitrogen and oxygen atoms in total. The van der Waals surface area contributed by atoms with Crippen LogP contribution in [0.25, 0.3) is 16.7 Å². The van der Waals surface area contributed by atoms with Gasteiger partial charge in [-0.25, -0.2) is 9.37 Å². The second-order valence-corrected chi connectivity index (χ2v) is 5.11. The predicted molar refractivity (Wildman–Crippen MR) is 79.7 cm³/mol. The molecule has 0 aliphatic rings. The lowest BCUT2D eigenvalue weighted by molar-refractivity contribution is 0.414. The van der Waals surface area contributed by atoms with Gasteiger partial charge in [-0.15, -0.1) is 0 Å². The van der Waals surface area contributed by atoms with Crippen LogP contribution in [0.4, 0.5) is 10.3 Å². The standard InChI is InChI=1S/C14H11BrFN3O/c1-20-9-3-4-10(15)13(7-9)19-12-5-2-8(16)6-11(12)18-14(19)17/h2-7H,1H3,(H2,17,18). The molecule has 0 radical (unpaired) electrons. The second kappa shape index (κ2) is 4.79. The fourth-order valence-electron chi connectivity index (χ4n) is 2.12. The summed E-state index contributed by atoms with van der Waals surface area (Å²) in [4.78, 5) is 4.19. The fourth-order valence-corrected chi connectivity index (χ4v) is 2.54. The fraction of sp³-hybridized carbons (Fsp3) is 0.0714. The highest BCUT2D eigenvalue weighted by molar-refractivity contribution is 9.10. The van der Waals surface area contributed by atoms with Gasteiger partial charge in [0.25, 0.3) is 0 Å². The molecule has 3 rings (SSSR count). The SMILES string of the molecule is COc1ccc(Br)c(-n2c(N)nc3cc(F)ccc32)c1. The number of nitrogen functional groups attached to an aromatic ring is 1. The molecule has 1 heterocycles. The van der Waals surface area contributed by atoms with Gasteiger partial charge in [0.05, 0.1) is 23.8 Å². The predicted octanol–water partition coefficient (Wildman–Crippen LogP) is 3.52. The van der Waals surface area contributed by atoms with Crippen LogP contribution in [0.1, 0.15) is 0 Å². The van der Waals surface area contributed by atoms with E-state index in [9.17, 15) is 4.39 Å². The number of hydrogen-bond donors (Lipinski definition) is 1. The molecule has 0 fully saturated rings. The van der Waals surface area contributed by atoms with Crippen LogP contribution in [0.3, 0.4) is 0 Å². The topological polar surface area (TPSA) is 53.1 Å². The van der Waals surface area contributed by atoms with E-state index in [0.29, 0.717) is 17.2 Å². The number of halogens is 2. The van der Waals surface area contributed by atoms with E-state index in [1.54, 1.807) is 17.7 Å². The van der Waals surface area contributed by atoms with Crippen LogP contribution >= 0.6 is 15.9 Å². The van der Waals surface area contributed by atoms with Crippen LogP contribution in [0, 0.1) is 5.82 Å².